The van der Waals surface area contributed by atoms with E-state index in [1.165, 1.54) is 0 Å². The molecule has 68 valence electrons. The molecule has 0 heterocycles. The van der Waals surface area contributed by atoms with Crippen LogP contribution in [0.2, 0.25) is 0 Å². The van der Waals surface area contributed by atoms with Gasteiger partial charge in [-0.25, -0.2) is 0 Å². The van der Waals surface area contributed by atoms with E-state index < -0.39 is 5.34 Å². The van der Waals surface area contributed by atoms with Crippen LogP contribution in [0.25, 0.3) is 0 Å². The molecule has 0 aliphatic rings. The Balaban J connectivity index is 4.75. The molecule has 0 saturated carbocycles. The summed E-state index contributed by atoms with van der Waals surface area (Å²) in [6.45, 7) is 12.3. The maximum Gasteiger partial charge on any atom is 0.0873 e. The summed E-state index contributed by atoms with van der Waals surface area (Å²) in [5, 5.41) is 9.44. The molecule has 0 fully saturated rings. The second-order valence-corrected chi connectivity index (χ2v) is 6.10. The van der Waals surface area contributed by atoms with Crippen LogP contribution in [0.4, 0.5) is 0 Å². The first-order valence-electron chi connectivity index (χ1n) is 4.01. The van der Waals surface area contributed by atoms with Crippen LogP contribution in [0, 0.1) is 10.8 Å². The lowest BCUT2D eigenvalue weighted by Gasteiger charge is -2.46. The van der Waals surface area contributed by atoms with E-state index in [0.29, 0.717) is 0 Å². The van der Waals surface area contributed by atoms with Gasteiger partial charge in [-0.1, -0.05) is 41.5 Å². The molecule has 0 aliphatic heterocycles. The Hall–Kier alpha value is 0.390. The summed E-state index contributed by atoms with van der Waals surface area (Å²) in [5.74, 6) is 0. The molecular weight excluding hydrogens is 155 g/mol. The third kappa shape index (κ3) is 2.16. The van der Waals surface area contributed by atoms with E-state index in [9.17, 15) is 5.11 Å². The van der Waals surface area contributed by atoms with Gasteiger partial charge < -0.3 is 5.11 Å². The first kappa shape index (κ1) is 11.4. The van der Waals surface area contributed by atoms with Crippen molar-refractivity contribution in [2.24, 2.45) is 10.8 Å². The lowest BCUT2D eigenvalue weighted by Crippen LogP contribution is -2.47. The van der Waals surface area contributed by atoms with Crippen LogP contribution in [0.1, 0.15) is 41.5 Å². The van der Waals surface area contributed by atoms with Gasteiger partial charge in [0.25, 0.3) is 0 Å². The van der Waals surface area contributed by atoms with Crippen molar-refractivity contribution in [3.05, 3.63) is 0 Å². The summed E-state index contributed by atoms with van der Waals surface area (Å²) in [7, 11) is 2.56. The fraction of sp³-hybridized carbons (Fsp3) is 1.00. The van der Waals surface area contributed by atoms with Crippen molar-refractivity contribution in [3.8, 4) is 0 Å². The van der Waals surface area contributed by atoms with Crippen molar-refractivity contribution in [1.82, 2.24) is 0 Å². The second kappa shape index (κ2) is 2.71. The van der Waals surface area contributed by atoms with Crippen LogP contribution in [-0.2, 0) is 0 Å². The summed E-state index contributed by atoms with van der Waals surface area (Å²) >= 11 is 0. The third-order valence-corrected chi connectivity index (χ3v) is 4.02. The highest BCUT2D eigenvalue weighted by Gasteiger charge is 2.45. The van der Waals surface area contributed by atoms with Crippen molar-refractivity contribution in [2.45, 2.75) is 46.9 Å². The summed E-state index contributed by atoms with van der Waals surface area (Å²) in [6, 6.07) is 0. The number of aliphatic hydroxyl groups is 1. The zero-order chi connectivity index (χ0) is 9.50. The van der Waals surface area contributed by atoms with Gasteiger partial charge in [0.1, 0.15) is 0 Å². The average molecular weight is 176 g/mol. The molecule has 0 bridgehead atoms. The Morgan fingerprint density at radius 2 is 1.00 bits per heavy atom. The summed E-state index contributed by atoms with van der Waals surface area (Å²) < 4.78 is 0. The zero-order valence-corrected chi connectivity index (χ0v) is 9.68. The fourth-order valence-electron chi connectivity index (χ4n) is 1.12. The summed E-state index contributed by atoms with van der Waals surface area (Å²) in [6.07, 6.45) is 0. The minimum Gasteiger partial charge on any atom is -0.385 e. The van der Waals surface area contributed by atoms with Crippen molar-refractivity contribution in [1.29, 1.82) is 0 Å². The quantitative estimate of drug-likeness (QED) is 0.562. The van der Waals surface area contributed by atoms with Crippen molar-refractivity contribution >= 4 is 9.24 Å². The Labute approximate surface area is 72.8 Å². The first-order valence-corrected chi connectivity index (χ1v) is 4.59. The van der Waals surface area contributed by atoms with E-state index in [1.54, 1.807) is 0 Å². The Kier molecular flexibility index (Phi) is 2.80. The minimum absolute atomic E-state index is 0.101. The van der Waals surface area contributed by atoms with E-state index in [1.807, 2.05) is 41.5 Å². The van der Waals surface area contributed by atoms with Gasteiger partial charge in [0.15, 0.2) is 0 Å². The molecule has 0 amide bonds. The fourth-order valence-corrected chi connectivity index (χ4v) is 1.12. The number of rotatable bonds is 0. The Morgan fingerprint density at radius 3 is 1.00 bits per heavy atom. The van der Waals surface area contributed by atoms with E-state index in [-0.39, 0.29) is 10.8 Å². The SMILES string of the molecule is CC(C)(C)C(O)(P)C(C)(C)C. The van der Waals surface area contributed by atoms with Crippen molar-refractivity contribution in [2.75, 3.05) is 0 Å². The van der Waals surface area contributed by atoms with E-state index in [0.717, 1.165) is 0 Å². The van der Waals surface area contributed by atoms with Crippen LogP contribution in [-0.4, -0.2) is 10.4 Å². The largest absolute Gasteiger partial charge is 0.385 e. The van der Waals surface area contributed by atoms with Gasteiger partial charge in [-0.05, 0) is 10.8 Å². The molecule has 0 aromatic heterocycles. The summed E-state index contributed by atoms with van der Waals surface area (Å²) in [4.78, 5) is 0. The molecule has 11 heavy (non-hydrogen) atoms. The Bertz CT molecular complexity index is 121. The summed E-state index contributed by atoms with van der Waals surface area (Å²) in [5.41, 5.74) is -0.203. The van der Waals surface area contributed by atoms with Crippen LogP contribution in [0.15, 0.2) is 0 Å². The minimum atomic E-state index is -0.708. The van der Waals surface area contributed by atoms with Crippen molar-refractivity contribution < 1.29 is 5.11 Å². The maximum atomic E-state index is 10.2. The molecule has 0 aromatic carbocycles. The molecule has 1 N–H and O–H groups in total. The van der Waals surface area contributed by atoms with E-state index >= 15 is 0 Å². The van der Waals surface area contributed by atoms with E-state index in [4.69, 9.17) is 0 Å². The highest BCUT2D eigenvalue weighted by molar-refractivity contribution is 7.18. The molecule has 0 spiro atoms. The molecule has 0 rings (SSSR count). The molecule has 1 atom stereocenters. The van der Waals surface area contributed by atoms with Crippen LogP contribution in [0.3, 0.4) is 0 Å². The van der Waals surface area contributed by atoms with Gasteiger partial charge in [-0.3, -0.25) is 0 Å². The second-order valence-electron chi connectivity index (χ2n) is 5.27. The van der Waals surface area contributed by atoms with Gasteiger partial charge in [0.2, 0.25) is 0 Å². The topological polar surface area (TPSA) is 20.2 Å². The van der Waals surface area contributed by atoms with E-state index in [2.05, 4.69) is 9.24 Å². The number of hydrogen-bond donors (Lipinski definition) is 1. The molecule has 0 radical (unpaired) electrons. The zero-order valence-electron chi connectivity index (χ0n) is 8.52. The van der Waals surface area contributed by atoms with Crippen molar-refractivity contribution in [3.63, 3.8) is 0 Å². The molecule has 0 aliphatic carbocycles. The molecule has 2 heteroatoms. The predicted octanol–water partition coefficient (Wildman–Crippen LogP) is 2.64. The average Bonchev–Trinajstić information content (AvgIpc) is 1.58. The third-order valence-electron chi connectivity index (χ3n) is 2.29. The predicted molar refractivity (Wildman–Crippen MR) is 53.6 cm³/mol. The van der Waals surface area contributed by atoms with Gasteiger partial charge >= 0.3 is 0 Å². The van der Waals surface area contributed by atoms with Crippen LogP contribution in [0.5, 0.6) is 0 Å². The molecular formula is C9H21OP. The lowest BCUT2D eigenvalue weighted by molar-refractivity contribution is -0.0579. The standard InChI is InChI=1S/C9H21OP/c1-7(2,3)9(10,11)8(4,5)6/h10H,11H2,1-6H3. The highest BCUT2D eigenvalue weighted by Crippen LogP contribution is 2.48. The number of hydrogen-bond acceptors (Lipinski definition) is 1. The van der Waals surface area contributed by atoms with Gasteiger partial charge in [-0.2, -0.15) is 0 Å². The highest BCUT2D eigenvalue weighted by atomic mass is 31.0. The molecule has 1 unspecified atom stereocenters. The molecule has 0 aromatic rings. The smallest absolute Gasteiger partial charge is 0.0873 e. The first-order chi connectivity index (χ1) is 4.50. The molecule has 0 saturated heterocycles. The van der Waals surface area contributed by atoms with Gasteiger partial charge in [-0.15, -0.1) is 9.24 Å². The van der Waals surface area contributed by atoms with Crippen LogP contribution >= 0.6 is 9.24 Å². The van der Waals surface area contributed by atoms with Gasteiger partial charge in [0, 0.05) is 0 Å². The molecule has 1 nitrogen and oxygen atoms in total. The van der Waals surface area contributed by atoms with Crippen LogP contribution < -0.4 is 0 Å². The van der Waals surface area contributed by atoms with Gasteiger partial charge in [0.05, 0.1) is 5.34 Å². The lowest BCUT2D eigenvalue weighted by atomic mass is 9.73. The maximum absolute atomic E-state index is 10.2. The Morgan fingerprint density at radius 1 is 0.818 bits per heavy atom. The monoisotopic (exact) mass is 176 g/mol. The normalized spacial score (nSPS) is 15.3.